The number of imidazole rings is 1. The summed E-state index contributed by atoms with van der Waals surface area (Å²) in [6.07, 6.45) is -3.74. The number of hydrogen-bond donors (Lipinski definition) is 1. The van der Waals surface area contributed by atoms with E-state index < -0.39 is 17.7 Å². The zero-order valence-corrected chi connectivity index (χ0v) is 8.77. The minimum absolute atomic E-state index is 0.0785. The summed E-state index contributed by atoms with van der Waals surface area (Å²) in [5, 5.41) is 0. The van der Waals surface area contributed by atoms with Gasteiger partial charge in [-0.1, -0.05) is 0 Å². The molecule has 0 amide bonds. The first-order valence-corrected chi connectivity index (χ1v) is 4.76. The molecule has 1 aromatic carbocycles. The highest BCUT2D eigenvalue weighted by atomic mass is 19.4. The zero-order chi connectivity index (χ0) is 12.6. The number of aromatic nitrogens is 2. The van der Waals surface area contributed by atoms with Crippen LogP contribution in [0.15, 0.2) is 24.4 Å². The lowest BCUT2D eigenvalue weighted by molar-refractivity contribution is -0.140. The van der Waals surface area contributed by atoms with E-state index >= 15 is 0 Å². The summed E-state index contributed by atoms with van der Waals surface area (Å²) in [5.41, 5.74) is 0.0474. The number of rotatable bonds is 1. The maximum absolute atomic E-state index is 12.8. The van der Waals surface area contributed by atoms with Crippen molar-refractivity contribution in [2.75, 3.05) is 0 Å². The molecule has 6 heteroatoms. The molecular weight excluding hydrogens is 236 g/mol. The van der Waals surface area contributed by atoms with E-state index in [1.807, 2.05) is 0 Å². The lowest BCUT2D eigenvalue weighted by atomic mass is 10.1. The van der Waals surface area contributed by atoms with Crippen molar-refractivity contribution >= 4 is 0 Å². The van der Waals surface area contributed by atoms with Crippen LogP contribution in [0.1, 0.15) is 11.3 Å². The molecule has 1 aromatic heterocycles. The number of H-pyrrole nitrogens is 1. The van der Waals surface area contributed by atoms with Crippen LogP contribution in [0.5, 0.6) is 0 Å². The average molecular weight is 244 g/mol. The molecule has 2 rings (SSSR count). The van der Waals surface area contributed by atoms with E-state index in [-0.39, 0.29) is 5.82 Å². The van der Waals surface area contributed by atoms with Crippen molar-refractivity contribution in [2.24, 2.45) is 0 Å². The topological polar surface area (TPSA) is 28.7 Å². The Hall–Kier alpha value is -1.85. The average Bonchev–Trinajstić information content (AvgIpc) is 2.65. The predicted molar refractivity (Wildman–Crippen MR) is 53.7 cm³/mol. The molecule has 0 aliphatic rings. The number of aromatic amines is 1. The van der Waals surface area contributed by atoms with E-state index in [0.717, 1.165) is 6.20 Å². The number of benzene rings is 1. The molecule has 1 heterocycles. The Morgan fingerprint density at radius 1 is 1.24 bits per heavy atom. The van der Waals surface area contributed by atoms with Crippen molar-refractivity contribution < 1.29 is 17.6 Å². The molecular formula is C11H8F4N2. The Morgan fingerprint density at radius 3 is 2.47 bits per heavy atom. The predicted octanol–water partition coefficient (Wildman–Crippen LogP) is 3.54. The molecule has 1 N–H and O–H groups in total. The van der Waals surface area contributed by atoms with Crippen molar-refractivity contribution in [1.29, 1.82) is 0 Å². The van der Waals surface area contributed by atoms with Crippen LogP contribution in [-0.2, 0) is 6.18 Å². The Balaban J connectivity index is 2.44. The first-order chi connectivity index (χ1) is 7.88. The number of nitrogens with one attached hydrogen (secondary N) is 1. The van der Waals surface area contributed by atoms with Gasteiger partial charge in [0.2, 0.25) is 0 Å². The van der Waals surface area contributed by atoms with Crippen LogP contribution in [-0.4, -0.2) is 9.97 Å². The van der Waals surface area contributed by atoms with Crippen LogP contribution in [0.3, 0.4) is 0 Å². The minimum atomic E-state index is -4.46. The molecule has 0 aliphatic carbocycles. The smallest absolute Gasteiger partial charge is 0.334 e. The van der Waals surface area contributed by atoms with E-state index in [4.69, 9.17) is 0 Å². The van der Waals surface area contributed by atoms with Gasteiger partial charge < -0.3 is 4.98 Å². The first kappa shape index (κ1) is 11.6. The number of hydrogen-bond acceptors (Lipinski definition) is 1. The summed E-state index contributed by atoms with van der Waals surface area (Å²) in [7, 11) is 0. The second kappa shape index (κ2) is 3.87. The number of alkyl halides is 3. The summed E-state index contributed by atoms with van der Waals surface area (Å²) in [5.74, 6) is -0.358. The molecule has 0 unspecified atom stereocenters. The monoisotopic (exact) mass is 244 g/mol. The van der Waals surface area contributed by atoms with Crippen LogP contribution in [0.2, 0.25) is 0 Å². The highest BCUT2D eigenvalue weighted by molar-refractivity contribution is 5.60. The quantitative estimate of drug-likeness (QED) is 0.763. The van der Waals surface area contributed by atoms with Crippen LogP contribution in [0, 0.1) is 12.7 Å². The summed E-state index contributed by atoms with van der Waals surface area (Å²) in [6, 6.07) is 3.81. The van der Waals surface area contributed by atoms with Gasteiger partial charge in [0.25, 0.3) is 0 Å². The number of halogens is 4. The van der Waals surface area contributed by atoms with Crippen LogP contribution in [0.25, 0.3) is 11.4 Å². The van der Waals surface area contributed by atoms with Gasteiger partial charge in [0.05, 0.1) is 6.20 Å². The normalized spacial score (nSPS) is 11.8. The van der Waals surface area contributed by atoms with Crippen LogP contribution >= 0.6 is 0 Å². The van der Waals surface area contributed by atoms with E-state index in [0.29, 0.717) is 11.1 Å². The maximum Gasteiger partial charge on any atom is 0.432 e. The molecule has 90 valence electrons. The SMILES string of the molecule is Cc1cc(F)ccc1-c1ncc(C(F)(F)F)[nH]1. The Labute approximate surface area is 94.3 Å². The highest BCUT2D eigenvalue weighted by Gasteiger charge is 2.33. The van der Waals surface area contributed by atoms with Crippen molar-refractivity contribution in [3.63, 3.8) is 0 Å². The van der Waals surface area contributed by atoms with Gasteiger partial charge >= 0.3 is 6.18 Å². The van der Waals surface area contributed by atoms with E-state index in [2.05, 4.69) is 9.97 Å². The van der Waals surface area contributed by atoms with Gasteiger partial charge in [0.1, 0.15) is 17.3 Å². The minimum Gasteiger partial charge on any atom is -0.334 e. The third-order valence-electron chi connectivity index (χ3n) is 2.32. The fraction of sp³-hybridized carbons (Fsp3) is 0.182. The molecule has 0 fully saturated rings. The largest absolute Gasteiger partial charge is 0.432 e. The highest BCUT2D eigenvalue weighted by Crippen LogP contribution is 2.30. The van der Waals surface area contributed by atoms with Crippen molar-refractivity contribution in [3.8, 4) is 11.4 Å². The number of aryl methyl sites for hydroxylation is 1. The van der Waals surface area contributed by atoms with Crippen molar-refractivity contribution in [3.05, 3.63) is 41.5 Å². The summed E-state index contributed by atoms with van der Waals surface area (Å²) in [6.45, 7) is 1.61. The lowest BCUT2D eigenvalue weighted by Gasteiger charge is -2.03. The summed E-state index contributed by atoms with van der Waals surface area (Å²) >= 11 is 0. The first-order valence-electron chi connectivity index (χ1n) is 4.76. The Kier molecular flexibility index (Phi) is 2.65. The van der Waals surface area contributed by atoms with Gasteiger partial charge in [-0.2, -0.15) is 13.2 Å². The van der Waals surface area contributed by atoms with Crippen LogP contribution < -0.4 is 0 Å². The molecule has 2 aromatic rings. The molecule has 0 radical (unpaired) electrons. The standard InChI is InChI=1S/C11H8F4N2/c1-6-4-7(12)2-3-8(6)10-16-5-9(17-10)11(13,14)15/h2-5H,1H3,(H,16,17). The summed E-state index contributed by atoms with van der Waals surface area (Å²) < 4.78 is 49.9. The van der Waals surface area contributed by atoms with Gasteiger partial charge in [-0.3, -0.25) is 0 Å². The second-order valence-electron chi connectivity index (χ2n) is 3.60. The molecule has 0 saturated carbocycles. The van der Waals surface area contributed by atoms with Crippen LogP contribution in [0.4, 0.5) is 17.6 Å². The van der Waals surface area contributed by atoms with E-state index in [1.54, 1.807) is 6.92 Å². The fourth-order valence-corrected chi connectivity index (χ4v) is 1.49. The zero-order valence-electron chi connectivity index (χ0n) is 8.77. The van der Waals surface area contributed by atoms with Gasteiger partial charge in [-0.05, 0) is 30.7 Å². The van der Waals surface area contributed by atoms with Gasteiger partial charge in [-0.15, -0.1) is 0 Å². The van der Waals surface area contributed by atoms with Gasteiger partial charge in [0.15, 0.2) is 0 Å². The molecule has 0 bridgehead atoms. The molecule has 0 saturated heterocycles. The van der Waals surface area contributed by atoms with Gasteiger partial charge in [-0.25, -0.2) is 9.37 Å². The van der Waals surface area contributed by atoms with E-state index in [1.165, 1.54) is 18.2 Å². The third kappa shape index (κ3) is 2.30. The second-order valence-corrected chi connectivity index (χ2v) is 3.60. The molecule has 17 heavy (non-hydrogen) atoms. The van der Waals surface area contributed by atoms with Gasteiger partial charge in [0, 0.05) is 5.56 Å². The molecule has 0 atom stereocenters. The van der Waals surface area contributed by atoms with E-state index in [9.17, 15) is 17.6 Å². The third-order valence-corrected chi connectivity index (χ3v) is 2.32. The molecule has 0 aliphatic heterocycles. The Bertz CT molecular complexity index is 543. The molecule has 2 nitrogen and oxygen atoms in total. The number of nitrogens with zero attached hydrogens (tertiary/aromatic N) is 1. The lowest BCUT2D eigenvalue weighted by Crippen LogP contribution is -2.04. The fourth-order valence-electron chi connectivity index (χ4n) is 1.49. The molecule has 0 spiro atoms. The summed E-state index contributed by atoms with van der Waals surface area (Å²) in [4.78, 5) is 5.82. The maximum atomic E-state index is 12.8. The van der Waals surface area contributed by atoms with Crippen molar-refractivity contribution in [2.45, 2.75) is 13.1 Å². The Morgan fingerprint density at radius 2 is 1.94 bits per heavy atom. The van der Waals surface area contributed by atoms with Crippen molar-refractivity contribution in [1.82, 2.24) is 9.97 Å².